The third-order valence-electron chi connectivity index (χ3n) is 5.70. The minimum absolute atomic E-state index is 0.0382. The molecule has 5 nitrogen and oxygen atoms in total. The van der Waals surface area contributed by atoms with Crippen LogP contribution in [-0.2, 0) is 11.0 Å². The van der Waals surface area contributed by atoms with Crippen LogP contribution in [0.2, 0.25) is 0 Å². The molecule has 0 radical (unpaired) electrons. The number of nitrogens with zero attached hydrogens (tertiary/aromatic N) is 3. The molecule has 1 heterocycles. The normalized spacial score (nSPS) is 15.5. The molecule has 1 amide bonds. The molecule has 0 unspecified atom stereocenters. The summed E-state index contributed by atoms with van der Waals surface area (Å²) in [7, 11) is 0. The predicted molar refractivity (Wildman–Crippen MR) is 131 cm³/mol. The van der Waals surface area contributed by atoms with Crippen molar-refractivity contribution in [2.45, 2.75) is 25.6 Å². The number of nitrogens with two attached hydrogens (primary N) is 1. The SMILES string of the molecule is [C-]#[N+]c1ccc(N2C(=O)C(C)(C)N(c3ccc(-c4ccc(N)cc4)cc3)C2=S)cc1C(F)(F)F. The van der Waals surface area contributed by atoms with E-state index in [-0.39, 0.29) is 10.8 Å². The molecule has 1 fully saturated rings. The van der Waals surface area contributed by atoms with Gasteiger partial charge in [0.05, 0.1) is 12.1 Å². The zero-order valence-corrected chi connectivity index (χ0v) is 19.0. The van der Waals surface area contributed by atoms with Crippen LogP contribution in [0.1, 0.15) is 19.4 Å². The van der Waals surface area contributed by atoms with Gasteiger partial charge in [-0.15, -0.1) is 0 Å². The summed E-state index contributed by atoms with van der Waals surface area (Å²) >= 11 is 5.57. The molecular weight excluding hydrogens is 461 g/mol. The maximum absolute atomic E-state index is 13.5. The third-order valence-corrected chi connectivity index (χ3v) is 6.07. The van der Waals surface area contributed by atoms with Crippen LogP contribution in [0.4, 0.5) is 35.9 Å². The number of thiocarbonyl (C=S) groups is 1. The Hall–Kier alpha value is -3.90. The lowest BCUT2D eigenvalue weighted by molar-refractivity contribution is -0.136. The number of hydrogen-bond donors (Lipinski definition) is 1. The minimum atomic E-state index is -4.74. The van der Waals surface area contributed by atoms with Gasteiger partial charge >= 0.3 is 6.18 Å². The Morgan fingerprint density at radius 3 is 2.00 bits per heavy atom. The lowest BCUT2D eigenvalue weighted by Gasteiger charge is -2.29. The zero-order chi connectivity index (χ0) is 24.8. The Morgan fingerprint density at radius 1 is 0.941 bits per heavy atom. The first-order valence-corrected chi connectivity index (χ1v) is 10.6. The van der Waals surface area contributed by atoms with Gasteiger partial charge in [-0.2, -0.15) is 13.2 Å². The Labute approximate surface area is 200 Å². The minimum Gasteiger partial charge on any atom is -0.399 e. The van der Waals surface area contributed by atoms with Crippen molar-refractivity contribution in [3.8, 4) is 11.1 Å². The molecule has 0 saturated carbocycles. The van der Waals surface area contributed by atoms with Gasteiger partial charge in [0.1, 0.15) is 5.54 Å². The molecule has 4 rings (SSSR count). The number of carbonyl (C=O) groups excluding carboxylic acids is 1. The largest absolute Gasteiger partial charge is 0.407 e. The monoisotopic (exact) mass is 480 g/mol. The second-order valence-corrected chi connectivity index (χ2v) is 8.66. The van der Waals surface area contributed by atoms with Gasteiger partial charge < -0.3 is 10.6 Å². The highest BCUT2D eigenvalue weighted by molar-refractivity contribution is 7.81. The maximum atomic E-state index is 13.5. The van der Waals surface area contributed by atoms with Crippen molar-refractivity contribution in [3.63, 3.8) is 0 Å². The molecule has 3 aromatic carbocycles. The van der Waals surface area contributed by atoms with Crippen molar-refractivity contribution < 1.29 is 18.0 Å². The first-order chi connectivity index (χ1) is 15.9. The Kier molecular flexibility index (Phi) is 5.58. The van der Waals surface area contributed by atoms with Crippen LogP contribution < -0.4 is 15.5 Å². The average Bonchev–Trinajstić information content (AvgIpc) is 2.97. The number of hydrogen-bond acceptors (Lipinski definition) is 3. The molecule has 0 bridgehead atoms. The summed E-state index contributed by atoms with van der Waals surface area (Å²) < 4.78 is 40.5. The number of benzene rings is 3. The van der Waals surface area contributed by atoms with Crippen molar-refractivity contribution >= 4 is 46.0 Å². The van der Waals surface area contributed by atoms with E-state index >= 15 is 0 Å². The first-order valence-electron chi connectivity index (χ1n) is 10.2. The Bertz CT molecular complexity index is 1330. The smallest absolute Gasteiger partial charge is 0.399 e. The van der Waals surface area contributed by atoms with Gasteiger partial charge in [-0.3, -0.25) is 9.69 Å². The maximum Gasteiger partial charge on any atom is 0.407 e. The summed E-state index contributed by atoms with van der Waals surface area (Å²) in [6, 6.07) is 17.9. The molecule has 172 valence electrons. The summed E-state index contributed by atoms with van der Waals surface area (Å²) in [4.78, 5) is 19.0. The fourth-order valence-corrected chi connectivity index (χ4v) is 4.44. The molecule has 1 aliphatic heterocycles. The summed E-state index contributed by atoms with van der Waals surface area (Å²) in [5.41, 5.74) is 6.08. The molecule has 0 aliphatic carbocycles. The van der Waals surface area contributed by atoms with Crippen LogP contribution in [0.25, 0.3) is 16.0 Å². The van der Waals surface area contributed by atoms with Crippen molar-refractivity contribution in [1.29, 1.82) is 0 Å². The summed E-state index contributed by atoms with van der Waals surface area (Å²) in [6.07, 6.45) is -4.74. The Morgan fingerprint density at radius 2 is 1.47 bits per heavy atom. The van der Waals surface area contributed by atoms with Gasteiger partial charge in [-0.05, 0) is 73.6 Å². The van der Waals surface area contributed by atoms with E-state index in [4.69, 9.17) is 24.5 Å². The van der Waals surface area contributed by atoms with Gasteiger partial charge in [0.15, 0.2) is 10.8 Å². The predicted octanol–water partition coefficient (Wildman–Crippen LogP) is 6.42. The zero-order valence-electron chi connectivity index (χ0n) is 18.2. The van der Waals surface area contributed by atoms with Crippen molar-refractivity contribution in [2.24, 2.45) is 0 Å². The van der Waals surface area contributed by atoms with Crippen LogP contribution in [0.15, 0.2) is 66.7 Å². The van der Waals surface area contributed by atoms with E-state index in [9.17, 15) is 18.0 Å². The van der Waals surface area contributed by atoms with Crippen LogP contribution >= 0.6 is 12.2 Å². The molecule has 2 N–H and O–H groups in total. The second kappa shape index (κ2) is 8.15. The fourth-order valence-electron chi connectivity index (χ4n) is 3.92. The van der Waals surface area contributed by atoms with Gasteiger partial charge in [0.2, 0.25) is 0 Å². The van der Waals surface area contributed by atoms with E-state index in [1.54, 1.807) is 43.0 Å². The highest BCUT2D eigenvalue weighted by Gasteiger charge is 2.50. The van der Waals surface area contributed by atoms with E-state index in [0.717, 1.165) is 28.2 Å². The van der Waals surface area contributed by atoms with E-state index in [0.29, 0.717) is 11.4 Å². The molecule has 1 saturated heterocycles. The van der Waals surface area contributed by atoms with Gasteiger partial charge in [-0.25, -0.2) is 4.85 Å². The number of amides is 1. The topological polar surface area (TPSA) is 53.9 Å². The average molecular weight is 481 g/mol. The quantitative estimate of drug-likeness (QED) is 0.267. The van der Waals surface area contributed by atoms with Crippen LogP contribution in [0, 0.1) is 6.57 Å². The van der Waals surface area contributed by atoms with Gasteiger partial charge in [-0.1, -0.05) is 30.3 Å². The number of nitrogen functional groups attached to an aromatic ring is 1. The number of anilines is 3. The molecule has 0 spiro atoms. The van der Waals surface area contributed by atoms with E-state index in [1.165, 1.54) is 6.07 Å². The molecule has 1 aliphatic rings. The molecule has 0 aromatic heterocycles. The standard InChI is InChI=1S/C25H19F3N4OS/c1-24(2)22(33)31(19-12-13-21(30-3)20(14-19)25(26,27)28)23(34)32(24)18-10-6-16(7-11-18)15-4-8-17(29)9-5-15/h4-14H,29H2,1-2H3. The highest BCUT2D eigenvalue weighted by atomic mass is 32.1. The Balaban J connectivity index is 1.72. The van der Waals surface area contributed by atoms with Gasteiger partial charge in [0.25, 0.3) is 5.91 Å². The van der Waals surface area contributed by atoms with E-state index < -0.39 is 28.9 Å². The lowest BCUT2D eigenvalue weighted by Crippen LogP contribution is -2.44. The van der Waals surface area contributed by atoms with Gasteiger partial charge in [0, 0.05) is 17.1 Å². The molecule has 3 aromatic rings. The lowest BCUT2D eigenvalue weighted by atomic mass is 10.0. The van der Waals surface area contributed by atoms with Crippen LogP contribution in [-0.4, -0.2) is 16.6 Å². The van der Waals surface area contributed by atoms with E-state index in [1.807, 2.05) is 24.3 Å². The molecular formula is C25H19F3N4OS. The molecule has 0 atom stereocenters. The number of carbonyl (C=O) groups is 1. The number of alkyl halides is 3. The van der Waals surface area contributed by atoms with E-state index in [2.05, 4.69) is 4.85 Å². The van der Waals surface area contributed by atoms with Crippen molar-refractivity contribution in [3.05, 3.63) is 83.7 Å². The summed E-state index contributed by atoms with van der Waals surface area (Å²) in [5, 5.41) is 0.0546. The van der Waals surface area contributed by atoms with Crippen LogP contribution in [0.5, 0.6) is 0 Å². The molecule has 34 heavy (non-hydrogen) atoms. The van der Waals surface area contributed by atoms with Crippen molar-refractivity contribution in [2.75, 3.05) is 15.5 Å². The van der Waals surface area contributed by atoms with Crippen LogP contribution in [0.3, 0.4) is 0 Å². The summed E-state index contributed by atoms with van der Waals surface area (Å²) in [6.45, 7) is 10.3. The number of rotatable bonds is 3. The molecule has 9 heteroatoms. The fraction of sp³-hybridized carbons (Fsp3) is 0.160. The number of halogens is 3. The van der Waals surface area contributed by atoms with Crippen molar-refractivity contribution in [1.82, 2.24) is 0 Å². The highest BCUT2D eigenvalue weighted by Crippen LogP contribution is 2.42. The second-order valence-electron chi connectivity index (χ2n) is 8.30. The summed E-state index contributed by atoms with van der Waals surface area (Å²) in [5.74, 6) is -0.469. The first kappa shape index (κ1) is 23.3. The third kappa shape index (κ3) is 3.86.